The molecule has 80 valence electrons. The minimum absolute atomic E-state index is 0.234. The summed E-state index contributed by atoms with van der Waals surface area (Å²) in [4.78, 5) is 22.1. The Hall–Kier alpha value is -1.10. The van der Waals surface area contributed by atoms with E-state index in [1.807, 2.05) is 12.3 Å². The number of hydrogen-bond donors (Lipinski definition) is 3. The van der Waals surface area contributed by atoms with Crippen LogP contribution < -0.4 is 16.6 Å². The molecule has 14 heavy (non-hydrogen) atoms. The van der Waals surface area contributed by atoms with Gasteiger partial charge in [0.1, 0.15) is 0 Å². The highest BCUT2D eigenvalue weighted by atomic mass is 16.2. The normalized spacial score (nSPS) is 19.9. The molecule has 0 aromatic heterocycles. The summed E-state index contributed by atoms with van der Waals surface area (Å²) in [6, 6.07) is 0. The summed E-state index contributed by atoms with van der Waals surface area (Å²) in [5, 5.41) is 2.71. The SMILES string of the molecule is CC1(NC(=O)C(=O)NN)CCCCC1. The van der Waals surface area contributed by atoms with Crippen LogP contribution in [0.15, 0.2) is 0 Å². The average molecular weight is 199 g/mol. The molecule has 1 rings (SSSR count). The summed E-state index contributed by atoms with van der Waals surface area (Å²) < 4.78 is 0. The summed E-state index contributed by atoms with van der Waals surface area (Å²) >= 11 is 0. The van der Waals surface area contributed by atoms with Gasteiger partial charge in [-0.15, -0.1) is 0 Å². The van der Waals surface area contributed by atoms with Crippen molar-refractivity contribution < 1.29 is 9.59 Å². The van der Waals surface area contributed by atoms with E-state index in [2.05, 4.69) is 5.32 Å². The third kappa shape index (κ3) is 2.70. The van der Waals surface area contributed by atoms with Crippen LogP contribution in [0, 0.1) is 0 Å². The van der Waals surface area contributed by atoms with Crippen LogP contribution in [-0.4, -0.2) is 17.4 Å². The number of hydrazine groups is 1. The predicted molar refractivity (Wildman–Crippen MR) is 52.0 cm³/mol. The highest BCUT2D eigenvalue weighted by Crippen LogP contribution is 2.27. The molecule has 0 heterocycles. The second-order valence-electron chi connectivity index (χ2n) is 4.05. The first-order valence-electron chi connectivity index (χ1n) is 4.90. The maximum Gasteiger partial charge on any atom is 0.323 e. The maximum atomic E-state index is 11.2. The van der Waals surface area contributed by atoms with Gasteiger partial charge >= 0.3 is 11.8 Å². The van der Waals surface area contributed by atoms with E-state index in [1.54, 1.807) is 0 Å². The number of rotatable bonds is 1. The largest absolute Gasteiger partial charge is 0.343 e. The van der Waals surface area contributed by atoms with Crippen molar-refractivity contribution >= 4 is 11.8 Å². The molecule has 1 aliphatic carbocycles. The second-order valence-corrected chi connectivity index (χ2v) is 4.05. The van der Waals surface area contributed by atoms with Gasteiger partial charge in [-0.1, -0.05) is 19.3 Å². The van der Waals surface area contributed by atoms with E-state index >= 15 is 0 Å². The minimum atomic E-state index is -0.781. The molecule has 0 unspecified atom stereocenters. The van der Waals surface area contributed by atoms with Gasteiger partial charge in [-0.25, -0.2) is 5.84 Å². The van der Waals surface area contributed by atoms with E-state index < -0.39 is 11.8 Å². The zero-order valence-corrected chi connectivity index (χ0v) is 8.43. The van der Waals surface area contributed by atoms with Crippen molar-refractivity contribution in [1.82, 2.24) is 10.7 Å². The molecule has 5 heteroatoms. The molecule has 0 radical (unpaired) electrons. The quantitative estimate of drug-likeness (QED) is 0.237. The van der Waals surface area contributed by atoms with Crippen LogP contribution in [0.4, 0.5) is 0 Å². The first kappa shape index (κ1) is 11.0. The first-order chi connectivity index (χ1) is 6.57. The Bertz CT molecular complexity index is 234. The van der Waals surface area contributed by atoms with Gasteiger partial charge in [-0.3, -0.25) is 15.0 Å². The molecule has 0 saturated heterocycles. The standard InChI is InChI=1S/C9H17N3O2/c1-9(5-3-2-4-6-9)11-7(13)8(14)12-10/h2-6,10H2,1H3,(H,11,13)(H,12,14). The van der Waals surface area contributed by atoms with Crippen LogP contribution in [0.3, 0.4) is 0 Å². The lowest BCUT2D eigenvalue weighted by Gasteiger charge is -2.34. The van der Waals surface area contributed by atoms with Crippen LogP contribution in [0.25, 0.3) is 0 Å². The Kier molecular flexibility index (Phi) is 3.46. The Morgan fingerprint density at radius 1 is 1.14 bits per heavy atom. The van der Waals surface area contributed by atoms with Crippen molar-refractivity contribution in [2.75, 3.05) is 0 Å². The van der Waals surface area contributed by atoms with E-state index in [-0.39, 0.29) is 5.54 Å². The number of amides is 2. The number of hydrogen-bond acceptors (Lipinski definition) is 3. The Balaban J connectivity index is 2.49. The van der Waals surface area contributed by atoms with E-state index in [1.165, 1.54) is 6.42 Å². The molecule has 0 aliphatic heterocycles. The van der Waals surface area contributed by atoms with Gasteiger partial charge in [0.05, 0.1) is 0 Å². The molecule has 0 aromatic carbocycles. The second kappa shape index (κ2) is 4.41. The average Bonchev–Trinajstić information content (AvgIpc) is 2.17. The molecule has 0 aromatic rings. The Labute approximate surface area is 83.4 Å². The van der Waals surface area contributed by atoms with Gasteiger partial charge in [-0.2, -0.15) is 0 Å². The zero-order valence-electron chi connectivity index (χ0n) is 8.43. The lowest BCUT2D eigenvalue weighted by atomic mass is 9.83. The van der Waals surface area contributed by atoms with Crippen molar-refractivity contribution in [2.24, 2.45) is 5.84 Å². The number of carbonyl (C=O) groups excluding carboxylic acids is 2. The first-order valence-corrected chi connectivity index (χ1v) is 4.90. The fourth-order valence-corrected chi connectivity index (χ4v) is 1.85. The summed E-state index contributed by atoms with van der Waals surface area (Å²) in [5.74, 6) is 3.44. The monoisotopic (exact) mass is 199 g/mol. The summed E-state index contributed by atoms with van der Waals surface area (Å²) in [6.45, 7) is 1.97. The van der Waals surface area contributed by atoms with Crippen molar-refractivity contribution in [3.63, 3.8) is 0 Å². The van der Waals surface area contributed by atoms with E-state index in [9.17, 15) is 9.59 Å². The van der Waals surface area contributed by atoms with Gasteiger partial charge < -0.3 is 5.32 Å². The Morgan fingerprint density at radius 2 is 1.71 bits per heavy atom. The minimum Gasteiger partial charge on any atom is -0.343 e. The molecule has 4 N–H and O–H groups in total. The molecular formula is C9H17N3O2. The molecule has 5 nitrogen and oxygen atoms in total. The van der Waals surface area contributed by atoms with Gasteiger partial charge in [0.2, 0.25) is 0 Å². The van der Waals surface area contributed by atoms with Gasteiger partial charge in [0.15, 0.2) is 0 Å². The fourth-order valence-electron chi connectivity index (χ4n) is 1.85. The van der Waals surface area contributed by atoms with Crippen molar-refractivity contribution in [2.45, 2.75) is 44.6 Å². The topological polar surface area (TPSA) is 84.2 Å². The highest BCUT2D eigenvalue weighted by molar-refractivity contribution is 6.35. The van der Waals surface area contributed by atoms with E-state index in [0.29, 0.717) is 0 Å². The number of nitrogens with one attached hydrogen (secondary N) is 2. The van der Waals surface area contributed by atoms with Crippen LogP contribution >= 0.6 is 0 Å². The van der Waals surface area contributed by atoms with Gasteiger partial charge in [-0.05, 0) is 19.8 Å². The maximum absolute atomic E-state index is 11.2. The fraction of sp³-hybridized carbons (Fsp3) is 0.778. The molecule has 0 bridgehead atoms. The molecule has 0 atom stereocenters. The van der Waals surface area contributed by atoms with Gasteiger partial charge in [0, 0.05) is 5.54 Å². The third-order valence-electron chi connectivity index (χ3n) is 2.71. The summed E-state index contributed by atoms with van der Waals surface area (Å²) in [7, 11) is 0. The van der Waals surface area contributed by atoms with Crippen LogP contribution in [-0.2, 0) is 9.59 Å². The third-order valence-corrected chi connectivity index (χ3v) is 2.71. The van der Waals surface area contributed by atoms with Crippen molar-refractivity contribution in [3.05, 3.63) is 0 Å². The molecular weight excluding hydrogens is 182 g/mol. The zero-order chi connectivity index (χ0) is 10.6. The number of nitrogens with two attached hydrogens (primary N) is 1. The summed E-state index contributed by atoms with van der Waals surface area (Å²) in [5.41, 5.74) is 1.59. The predicted octanol–water partition coefficient (Wildman–Crippen LogP) is -0.185. The van der Waals surface area contributed by atoms with Crippen LogP contribution in [0.1, 0.15) is 39.0 Å². The van der Waals surface area contributed by atoms with E-state index in [0.717, 1.165) is 25.7 Å². The molecule has 1 fully saturated rings. The van der Waals surface area contributed by atoms with Crippen LogP contribution in [0.2, 0.25) is 0 Å². The van der Waals surface area contributed by atoms with Crippen molar-refractivity contribution in [1.29, 1.82) is 0 Å². The van der Waals surface area contributed by atoms with Gasteiger partial charge in [0.25, 0.3) is 0 Å². The molecule has 0 spiro atoms. The Morgan fingerprint density at radius 3 is 2.21 bits per heavy atom. The molecule has 1 aliphatic rings. The van der Waals surface area contributed by atoms with E-state index in [4.69, 9.17) is 5.84 Å². The summed E-state index contributed by atoms with van der Waals surface area (Å²) in [6.07, 6.45) is 5.25. The highest BCUT2D eigenvalue weighted by Gasteiger charge is 2.30. The number of carbonyl (C=O) groups is 2. The van der Waals surface area contributed by atoms with Crippen molar-refractivity contribution in [3.8, 4) is 0 Å². The molecule has 1 saturated carbocycles. The lowest BCUT2D eigenvalue weighted by Crippen LogP contribution is -2.53. The molecule has 2 amide bonds. The van der Waals surface area contributed by atoms with Crippen LogP contribution in [0.5, 0.6) is 0 Å². The smallest absolute Gasteiger partial charge is 0.323 e. The lowest BCUT2D eigenvalue weighted by molar-refractivity contribution is -0.140.